The van der Waals surface area contributed by atoms with E-state index in [1.54, 1.807) is 24.3 Å². The second-order valence-electron chi connectivity index (χ2n) is 5.91. The number of rotatable bonds is 7. The Morgan fingerprint density at radius 1 is 1.07 bits per heavy atom. The van der Waals surface area contributed by atoms with Crippen LogP contribution in [0.15, 0.2) is 42.5 Å². The average Bonchev–Trinajstić information content (AvgIpc) is 2.61. The molecule has 28 heavy (non-hydrogen) atoms. The number of nitrogens with one attached hydrogen (secondary N) is 2. The fraction of sp³-hybridized carbons (Fsp3) is 0.211. The summed E-state index contributed by atoms with van der Waals surface area (Å²) in [6, 6.07) is 10.9. The first kappa shape index (κ1) is 21.5. The van der Waals surface area contributed by atoms with E-state index in [2.05, 4.69) is 10.6 Å². The van der Waals surface area contributed by atoms with E-state index in [4.69, 9.17) is 33.7 Å². The summed E-state index contributed by atoms with van der Waals surface area (Å²) in [5.41, 5.74) is 6.93. The monoisotopic (exact) mass is 423 g/mol. The number of benzene rings is 2. The van der Waals surface area contributed by atoms with Gasteiger partial charge in [0.2, 0.25) is 0 Å². The maximum absolute atomic E-state index is 12.1. The number of anilines is 2. The van der Waals surface area contributed by atoms with E-state index in [1.165, 1.54) is 25.1 Å². The number of hydrogen-bond acceptors (Lipinski definition) is 5. The molecule has 0 aromatic heterocycles. The van der Waals surface area contributed by atoms with E-state index in [0.717, 1.165) is 0 Å². The van der Waals surface area contributed by atoms with Gasteiger partial charge in [0.1, 0.15) is 0 Å². The minimum Gasteiger partial charge on any atom is -0.452 e. The Kier molecular flexibility index (Phi) is 7.66. The lowest BCUT2D eigenvalue weighted by atomic mass is 10.2. The molecule has 2 amide bonds. The maximum atomic E-state index is 12.1. The summed E-state index contributed by atoms with van der Waals surface area (Å²) in [6.07, 6.45) is -1.11. The summed E-state index contributed by atoms with van der Waals surface area (Å²) < 4.78 is 5.06. The summed E-state index contributed by atoms with van der Waals surface area (Å²) in [5, 5.41) is 5.89. The van der Waals surface area contributed by atoms with Crippen LogP contribution >= 0.6 is 23.2 Å². The maximum Gasteiger partial charge on any atom is 0.308 e. The third-order valence-electron chi connectivity index (χ3n) is 3.60. The SMILES string of the molecule is C[C@H](OC(=O)CCNC(=O)c1ccc(N)cc1)C(=O)Nc1cc(Cl)cc(Cl)c1. The summed E-state index contributed by atoms with van der Waals surface area (Å²) >= 11 is 11.7. The van der Waals surface area contributed by atoms with E-state index >= 15 is 0 Å². The normalized spacial score (nSPS) is 11.4. The predicted octanol–water partition coefficient (Wildman–Crippen LogP) is 3.27. The molecule has 0 heterocycles. The summed E-state index contributed by atoms with van der Waals surface area (Å²) in [5.74, 6) is -1.49. The number of nitrogens with two attached hydrogens (primary N) is 1. The van der Waals surface area contributed by atoms with Gasteiger partial charge in [-0.2, -0.15) is 0 Å². The molecule has 0 saturated heterocycles. The summed E-state index contributed by atoms with van der Waals surface area (Å²) in [7, 11) is 0. The van der Waals surface area contributed by atoms with Gasteiger partial charge in [0.05, 0.1) is 6.42 Å². The van der Waals surface area contributed by atoms with E-state index in [1.807, 2.05) is 0 Å². The van der Waals surface area contributed by atoms with E-state index < -0.39 is 18.0 Å². The highest BCUT2D eigenvalue weighted by Crippen LogP contribution is 2.22. The van der Waals surface area contributed by atoms with Gasteiger partial charge in [-0.25, -0.2) is 0 Å². The van der Waals surface area contributed by atoms with Gasteiger partial charge in [0.15, 0.2) is 6.10 Å². The van der Waals surface area contributed by atoms with Crippen LogP contribution in [0.3, 0.4) is 0 Å². The van der Waals surface area contributed by atoms with E-state index in [9.17, 15) is 14.4 Å². The van der Waals surface area contributed by atoms with Crippen LogP contribution < -0.4 is 16.4 Å². The second-order valence-corrected chi connectivity index (χ2v) is 6.78. The van der Waals surface area contributed by atoms with Crippen LogP contribution in [0, 0.1) is 0 Å². The molecule has 0 aliphatic rings. The molecule has 2 rings (SSSR count). The van der Waals surface area contributed by atoms with Crippen molar-refractivity contribution in [3.63, 3.8) is 0 Å². The molecule has 7 nitrogen and oxygen atoms in total. The Hall–Kier alpha value is -2.77. The van der Waals surface area contributed by atoms with Crippen molar-refractivity contribution in [2.24, 2.45) is 0 Å². The van der Waals surface area contributed by atoms with Crippen LogP contribution in [0.1, 0.15) is 23.7 Å². The summed E-state index contributed by atoms with van der Waals surface area (Å²) in [4.78, 5) is 35.9. The number of carbonyl (C=O) groups is 3. The summed E-state index contributed by atoms with van der Waals surface area (Å²) in [6.45, 7) is 1.51. The topological polar surface area (TPSA) is 111 Å². The van der Waals surface area contributed by atoms with Crippen molar-refractivity contribution in [1.82, 2.24) is 5.32 Å². The zero-order valence-electron chi connectivity index (χ0n) is 15.0. The Balaban J connectivity index is 1.76. The molecule has 4 N–H and O–H groups in total. The van der Waals surface area contributed by atoms with Crippen molar-refractivity contribution in [2.75, 3.05) is 17.6 Å². The molecule has 2 aromatic carbocycles. The van der Waals surface area contributed by atoms with Gasteiger partial charge >= 0.3 is 5.97 Å². The molecule has 148 valence electrons. The number of carbonyl (C=O) groups excluding carboxylic acids is 3. The number of halogens is 2. The molecule has 0 radical (unpaired) electrons. The minimum absolute atomic E-state index is 0.0697. The van der Waals surface area contributed by atoms with Gasteiger partial charge in [-0.05, 0) is 49.4 Å². The Morgan fingerprint density at radius 3 is 2.29 bits per heavy atom. The number of amides is 2. The van der Waals surface area contributed by atoms with Crippen molar-refractivity contribution in [3.8, 4) is 0 Å². The molecule has 0 aliphatic heterocycles. The van der Waals surface area contributed by atoms with Crippen LogP contribution in [0.2, 0.25) is 10.0 Å². The first-order valence-corrected chi connectivity index (χ1v) is 9.10. The highest BCUT2D eigenvalue weighted by Gasteiger charge is 2.18. The number of hydrogen-bond donors (Lipinski definition) is 3. The zero-order chi connectivity index (χ0) is 20.7. The molecule has 1 atom stereocenters. The molecular formula is C19H19Cl2N3O4. The van der Waals surface area contributed by atoms with Crippen molar-refractivity contribution in [1.29, 1.82) is 0 Å². The van der Waals surface area contributed by atoms with Gasteiger partial charge < -0.3 is 21.1 Å². The predicted molar refractivity (Wildman–Crippen MR) is 108 cm³/mol. The first-order valence-electron chi connectivity index (χ1n) is 8.35. The fourth-order valence-corrected chi connectivity index (χ4v) is 2.72. The van der Waals surface area contributed by atoms with Crippen molar-refractivity contribution in [3.05, 3.63) is 58.1 Å². The quantitative estimate of drug-likeness (QED) is 0.467. The van der Waals surface area contributed by atoms with Gasteiger partial charge in [-0.3, -0.25) is 14.4 Å². The molecular weight excluding hydrogens is 405 g/mol. The lowest BCUT2D eigenvalue weighted by Crippen LogP contribution is -2.32. The minimum atomic E-state index is -1.03. The Bertz CT molecular complexity index is 852. The van der Waals surface area contributed by atoms with Crippen LogP contribution in [0.4, 0.5) is 11.4 Å². The number of ether oxygens (including phenoxy) is 1. The van der Waals surface area contributed by atoms with Crippen LogP contribution in [0.25, 0.3) is 0 Å². The Morgan fingerprint density at radius 2 is 1.68 bits per heavy atom. The molecule has 0 fully saturated rings. The fourth-order valence-electron chi connectivity index (χ4n) is 2.19. The standard InChI is InChI=1S/C19H19Cl2N3O4/c1-11(18(26)24-16-9-13(20)8-14(21)10-16)28-17(25)6-7-23-19(27)12-2-4-15(22)5-3-12/h2-5,8-11H,6-7,22H2,1H3,(H,23,27)(H,24,26)/t11-/m0/s1. The molecule has 9 heteroatoms. The number of esters is 1. The van der Waals surface area contributed by atoms with Crippen LogP contribution in [0.5, 0.6) is 0 Å². The zero-order valence-corrected chi connectivity index (χ0v) is 16.5. The highest BCUT2D eigenvalue weighted by molar-refractivity contribution is 6.35. The lowest BCUT2D eigenvalue weighted by molar-refractivity contribution is -0.153. The molecule has 0 spiro atoms. The van der Waals surface area contributed by atoms with Crippen LogP contribution in [-0.2, 0) is 14.3 Å². The molecule has 0 aliphatic carbocycles. The smallest absolute Gasteiger partial charge is 0.308 e. The van der Waals surface area contributed by atoms with Crippen molar-refractivity contribution >= 4 is 52.4 Å². The largest absolute Gasteiger partial charge is 0.452 e. The number of nitrogen functional groups attached to an aromatic ring is 1. The van der Waals surface area contributed by atoms with Gasteiger partial charge in [-0.1, -0.05) is 23.2 Å². The highest BCUT2D eigenvalue weighted by atomic mass is 35.5. The van der Waals surface area contributed by atoms with Crippen molar-refractivity contribution < 1.29 is 19.1 Å². The molecule has 0 bridgehead atoms. The average molecular weight is 424 g/mol. The second kappa shape index (κ2) is 9.96. The molecule has 0 unspecified atom stereocenters. The van der Waals surface area contributed by atoms with Gasteiger partial charge in [0.25, 0.3) is 11.8 Å². The van der Waals surface area contributed by atoms with Crippen LogP contribution in [-0.4, -0.2) is 30.4 Å². The van der Waals surface area contributed by atoms with E-state index in [0.29, 0.717) is 27.0 Å². The van der Waals surface area contributed by atoms with E-state index in [-0.39, 0.29) is 18.9 Å². The third-order valence-corrected chi connectivity index (χ3v) is 4.03. The third kappa shape index (κ3) is 6.75. The first-order chi connectivity index (χ1) is 13.2. The molecule has 0 saturated carbocycles. The van der Waals surface area contributed by atoms with Gasteiger partial charge in [-0.15, -0.1) is 0 Å². The van der Waals surface area contributed by atoms with Crippen molar-refractivity contribution in [2.45, 2.75) is 19.4 Å². The molecule has 2 aromatic rings. The lowest BCUT2D eigenvalue weighted by Gasteiger charge is -2.14. The van der Waals surface area contributed by atoms with Gasteiger partial charge in [0, 0.05) is 33.5 Å². The Labute approximate surface area is 172 Å².